The van der Waals surface area contributed by atoms with E-state index in [1.54, 1.807) is 12.1 Å². The Bertz CT molecular complexity index is 1270. The summed E-state index contributed by atoms with van der Waals surface area (Å²) in [5, 5.41) is 5.78. The maximum Gasteiger partial charge on any atom is 0.297 e. The lowest BCUT2D eigenvalue weighted by Crippen LogP contribution is -2.58. The van der Waals surface area contributed by atoms with Crippen LogP contribution in [0.1, 0.15) is 18.9 Å². The average molecular weight is 522 g/mol. The number of piperazine rings is 1. The molecule has 0 aliphatic carbocycles. The molecular formula is C27H32ClN7O2+. The number of amides is 1. The Labute approximate surface area is 222 Å². The molecule has 1 amide bonds. The molecule has 37 heavy (non-hydrogen) atoms. The number of nitrogens with one attached hydrogen (secondary N) is 2. The number of benzene rings is 2. The van der Waals surface area contributed by atoms with Crippen LogP contribution >= 0.6 is 11.6 Å². The minimum absolute atomic E-state index is 0.508. The van der Waals surface area contributed by atoms with Crippen molar-refractivity contribution in [1.29, 1.82) is 0 Å². The van der Waals surface area contributed by atoms with Crippen LogP contribution in [-0.2, 0) is 11.2 Å². The van der Waals surface area contributed by atoms with Crippen molar-refractivity contribution in [1.82, 2.24) is 15.2 Å². The Morgan fingerprint density at radius 3 is 2.76 bits per heavy atom. The van der Waals surface area contributed by atoms with Crippen molar-refractivity contribution in [3.8, 4) is 5.75 Å². The van der Waals surface area contributed by atoms with E-state index in [0.29, 0.717) is 23.0 Å². The molecule has 3 heterocycles. The second-order valence-corrected chi connectivity index (χ2v) is 9.56. The standard InChI is InChI=1S/C27H32ClN7O2/c1-3-19-16-34-21(14-18-6-4-5-7-22(18)28)17-35(25(26(29)36)27(34)31-19)32-23-9-8-20(15-24(23)37-2)33-12-10-30-11-13-33/h4-9,15-17,25,30,32H,3,10-14H2,1-2H3,(H2,29,36)/q+1. The zero-order valence-corrected chi connectivity index (χ0v) is 21.8. The fraction of sp³-hybridized carbons (Fsp3) is 0.333. The van der Waals surface area contributed by atoms with Gasteiger partial charge in [0.2, 0.25) is 6.04 Å². The third-order valence-corrected chi connectivity index (χ3v) is 7.15. The lowest BCUT2D eigenvalue weighted by atomic mass is 10.1. The molecular weight excluding hydrogens is 490 g/mol. The zero-order chi connectivity index (χ0) is 25.9. The van der Waals surface area contributed by atoms with E-state index in [0.717, 1.165) is 60.9 Å². The van der Waals surface area contributed by atoms with E-state index in [4.69, 9.17) is 27.1 Å². The van der Waals surface area contributed by atoms with Crippen LogP contribution in [0, 0.1) is 0 Å². The molecule has 0 spiro atoms. The summed E-state index contributed by atoms with van der Waals surface area (Å²) in [4.78, 5) is 21.8. The average Bonchev–Trinajstić information content (AvgIpc) is 3.35. The molecule has 0 aromatic heterocycles. The lowest BCUT2D eigenvalue weighted by molar-refractivity contribution is -0.120. The van der Waals surface area contributed by atoms with Crippen LogP contribution in [-0.4, -0.2) is 56.1 Å². The first-order chi connectivity index (χ1) is 18.0. The fourth-order valence-corrected chi connectivity index (χ4v) is 5.02. The van der Waals surface area contributed by atoms with Crippen LogP contribution in [0.3, 0.4) is 0 Å². The van der Waals surface area contributed by atoms with Crippen molar-refractivity contribution in [2.45, 2.75) is 25.8 Å². The van der Waals surface area contributed by atoms with Gasteiger partial charge in [-0.1, -0.05) is 41.6 Å². The molecule has 193 valence electrons. The Balaban J connectivity index is 1.50. The molecule has 1 saturated heterocycles. The van der Waals surface area contributed by atoms with Crippen molar-refractivity contribution in [3.63, 3.8) is 0 Å². The lowest BCUT2D eigenvalue weighted by Gasteiger charge is -2.33. The van der Waals surface area contributed by atoms with E-state index in [9.17, 15) is 4.79 Å². The number of nitrogens with two attached hydrogens (primary N) is 1. The number of halogens is 1. The third-order valence-electron chi connectivity index (χ3n) is 6.78. The van der Waals surface area contributed by atoms with Gasteiger partial charge in [-0.15, -0.1) is 0 Å². The summed E-state index contributed by atoms with van der Waals surface area (Å²) >= 11 is 6.49. The number of aliphatic imine (C=N–C) groups is 1. The Morgan fingerprint density at radius 1 is 1.27 bits per heavy atom. The van der Waals surface area contributed by atoms with Gasteiger partial charge in [0.1, 0.15) is 11.4 Å². The van der Waals surface area contributed by atoms with Gasteiger partial charge in [0, 0.05) is 43.0 Å². The summed E-state index contributed by atoms with van der Waals surface area (Å²) in [5.41, 5.74) is 13.9. The van der Waals surface area contributed by atoms with Crippen LogP contribution in [0.25, 0.3) is 0 Å². The van der Waals surface area contributed by atoms with E-state index in [1.807, 2.05) is 60.6 Å². The molecule has 0 saturated carbocycles. The highest BCUT2D eigenvalue weighted by Crippen LogP contribution is 2.34. The van der Waals surface area contributed by atoms with Gasteiger partial charge in [0.15, 0.2) is 11.9 Å². The molecule has 1 fully saturated rings. The Morgan fingerprint density at radius 2 is 2.05 bits per heavy atom. The maximum absolute atomic E-state index is 12.7. The van der Waals surface area contributed by atoms with Crippen molar-refractivity contribution >= 4 is 34.7 Å². The zero-order valence-electron chi connectivity index (χ0n) is 21.1. The number of rotatable bonds is 8. The van der Waals surface area contributed by atoms with Gasteiger partial charge < -0.3 is 20.7 Å². The predicted octanol–water partition coefficient (Wildman–Crippen LogP) is 3.14. The second kappa shape index (κ2) is 10.8. The summed E-state index contributed by atoms with van der Waals surface area (Å²) in [6, 6.07) is 13.0. The number of anilines is 2. The van der Waals surface area contributed by atoms with Crippen molar-refractivity contribution in [3.05, 3.63) is 76.8 Å². The molecule has 4 N–H and O–H groups in total. The molecule has 3 aliphatic rings. The van der Waals surface area contributed by atoms with Crippen LogP contribution in [0.5, 0.6) is 5.75 Å². The summed E-state index contributed by atoms with van der Waals surface area (Å²) in [6.07, 6.45) is 5.15. The van der Waals surface area contributed by atoms with Gasteiger partial charge in [-0.25, -0.2) is 0 Å². The van der Waals surface area contributed by atoms with Gasteiger partial charge in [0.25, 0.3) is 11.7 Å². The molecule has 2 aromatic rings. The molecule has 1 radical (unpaired) electrons. The first kappa shape index (κ1) is 25.1. The second-order valence-electron chi connectivity index (χ2n) is 9.15. The van der Waals surface area contributed by atoms with E-state index in [2.05, 4.69) is 21.7 Å². The predicted molar refractivity (Wildman–Crippen MR) is 148 cm³/mol. The normalized spacial score (nSPS) is 19.6. The number of nitrogens with zero attached hydrogens (tertiary/aromatic N) is 4. The molecule has 9 nitrogen and oxygen atoms in total. The molecule has 0 bridgehead atoms. The van der Waals surface area contributed by atoms with E-state index in [-0.39, 0.29) is 0 Å². The fourth-order valence-electron chi connectivity index (χ4n) is 4.82. The highest BCUT2D eigenvalue weighted by Gasteiger charge is 2.48. The number of fused-ring (bicyclic) bond motifs is 1. The van der Waals surface area contributed by atoms with Gasteiger partial charge in [-0.05, 0) is 30.2 Å². The molecule has 5 rings (SSSR count). The quantitative estimate of drug-likeness (QED) is 0.461. The number of ether oxygens (including phenoxy) is 1. The highest BCUT2D eigenvalue weighted by atomic mass is 35.5. The monoisotopic (exact) mass is 521 g/mol. The highest BCUT2D eigenvalue weighted by molar-refractivity contribution is 6.31. The number of hydrazine groups is 1. The van der Waals surface area contributed by atoms with Crippen molar-refractivity contribution < 1.29 is 9.53 Å². The van der Waals surface area contributed by atoms with E-state index >= 15 is 0 Å². The number of carbonyl (C=O) groups excluding carboxylic acids is 1. The molecule has 2 aromatic carbocycles. The van der Waals surface area contributed by atoms with Crippen LogP contribution in [0.2, 0.25) is 5.02 Å². The number of primary amides is 1. The van der Waals surface area contributed by atoms with Crippen molar-refractivity contribution in [2.75, 3.05) is 43.6 Å². The van der Waals surface area contributed by atoms with Crippen LogP contribution in [0.4, 0.5) is 11.4 Å². The topological polar surface area (TPSA) is 101 Å². The van der Waals surface area contributed by atoms with Crippen LogP contribution < -0.4 is 31.0 Å². The molecule has 1 atom stereocenters. The Hall–Kier alpha value is -3.53. The number of hydrogen-bond donors (Lipinski definition) is 3. The number of carbonyl (C=O) groups is 1. The number of amidine groups is 1. The van der Waals surface area contributed by atoms with Gasteiger partial charge in [0.05, 0.1) is 25.4 Å². The molecule has 1 unspecified atom stereocenters. The third kappa shape index (κ3) is 5.16. The molecule has 10 heteroatoms. The summed E-state index contributed by atoms with van der Waals surface area (Å²) in [6.45, 7) is 5.79. The first-order valence-electron chi connectivity index (χ1n) is 12.5. The van der Waals surface area contributed by atoms with Gasteiger partial charge in [-0.3, -0.25) is 15.2 Å². The smallest absolute Gasteiger partial charge is 0.297 e. The van der Waals surface area contributed by atoms with Gasteiger partial charge in [-0.2, -0.15) is 4.99 Å². The van der Waals surface area contributed by atoms with Crippen molar-refractivity contribution in [2.24, 2.45) is 10.7 Å². The number of hydrogen-bond acceptors (Lipinski definition) is 8. The Kier molecular flexibility index (Phi) is 7.36. The number of allylic oxidation sites excluding steroid dienone is 2. The number of methoxy groups -OCH3 is 1. The van der Waals surface area contributed by atoms with E-state index < -0.39 is 11.9 Å². The van der Waals surface area contributed by atoms with Crippen LogP contribution in [0.15, 0.2) is 71.3 Å². The SMILES string of the molecule is CCC1=C[N+]2C(Cc3ccccc3Cl)=CN(Nc3ccc(N4CCNCC4)cc3OC)C(C(N)=O)C2=N1. The summed E-state index contributed by atoms with van der Waals surface area (Å²) in [5.74, 6) is 0.729. The minimum atomic E-state index is -0.812. The van der Waals surface area contributed by atoms with E-state index in [1.165, 1.54) is 0 Å². The first-order valence-corrected chi connectivity index (χ1v) is 12.9. The largest absolute Gasteiger partial charge is 0.494 e. The summed E-state index contributed by atoms with van der Waals surface area (Å²) in [7, 11) is 1.64. The summed E-state index contributed by atoms with van der Waals surface area (Å²) < 4.78 is 5.74. The van der Waals surface area contributed by atoms with Gasteiger partial charge >= 0.3 is 0 Å². The minimum Gasteiger partial charge on any atom is -0.494 e. The maximum atomic E-state index is 12.7. The molecule has 3 aliphatic heterocycles.